The smallest absolute Gasteiger partial charge is 0.259 e. The van der Waals surface area contributed by atoms with Gasteiger partial charge >= 0.3 is 0 Å². The molecule has 0 aliphatic heterocycles. The summed E-state index contributed by atoms with van der Waals surface area (Å²) in [7, 11) is 0. The zero-order chi connectivity index (χ0) is 18.4. The zero-order valence-corrected chi connectivity index (χ0v) is 16.4. The number of aliphatic hydroxyl groups is 1. The molecule has 0 radical (unpaired) electrons. The molecule has 23 heavy (non-hydrogen) atoms. The summed E-state index contributed by atoms with van der Waals surface area (Å²) < 4.78 is 5.05. The minimum Gasteiger partial charge on any atom is -0.487 e. The molecular weight excluding hydrogens is 354 g/mol. The first-order chi connectivity index (χ1) is 10.7. The Balaban J connectivity index is 0. The second-order valence-corrected chi connectivity index (χ2v) is 5.55. The summed E-state index contributed by atoms with van der Waals surface area (Å²) in [6.07, 6.45) is 0. The van der Waals surface area contributed by atoms with E-state index in [4.69, 9.17) is 27.2 Å². The SMILES string of the molecule is CCN(CC)CC.Cc1cc(Cl)ccc1OC(N)=S.NC(O)=S. The van der Waals surface area contributed by atoms with Gasteiger partial charge in [0.1, 0.15) is 5.75 Å². The molecule has 1 rings (SSSR count). The number of benzene rings is 1. The van der Waals surface area contributed by atoms with Crippen molar-refractivity contribution in [2.24, 2.45) is 11.5 Å². The maximum atomic E-state index is 7.56. The van der Waals surface area contributed by atoms with Crippen LogP contribution in [0.5, 0.6) is 5.75 Å². The average Bonchev–Trinajstić information content (AvgIpc) is 2.44. The van der Waals surface area contributed by atoms with Crippen LogP contribution < -0.4 is 16.2 Å². The lowest BCUT2D eigenvalue weighted by Gasteiger charge is -2.13. The third kappa shape index (κ3) is 15.5. The minimum atomic E-state index is -0.500. The Bertz CT molecular complexity index is 474. The number of nitrogens with two attached hydrogens (primary N) is 2. The van der Waals surface area contributed by atoms with Crippen molar-refractivity contribution in [3.63, 3.8) is 0 Å². The van der Waals surface area contributed by atoms with Crippen LogP contribution in [0.15, 0.2) is 18.2 Å². The van der Waals surface area contributed by atoms with Crippen molar-refractivity contribution in [1.82, 2.24) is 4.90 Å². The number of hydrogen-bond acceptors (Lipinski definition) is 4. The molecule has 0 amide bonds. The molecule has 132 valence electrons. The first kappa shape index (κ1) is 24.1. The quantitative estimate of drug-likeness (QED) is 0.691. The van der Waals surface area contributed by atoms with Crippen LogP contribution in [-0.4, -0.2) is 40.0 Å². The van der Waals surface area contributed by atoms with Gasteiger partial charge in [0.05, 0.1) is 0 Å². The highest BCUT2D eigenvalue weighted by Crippen LogP contribution is 2.21. The second kappa shape index (κ2) is 14.4. The second-order valence-electron chi connectivity index (χ2n) is 4.29. The lowest BCUT2D eigenvalue weighted by Crippen LogP contribution is -2.21. The molecule has 0 saturated carbocycles. The van der Waals surface area contributed by atoms with Crippen molar-refractivity contribution in [2.75, 3.05) is 19.6 Å². The van der Waals surface area contributed by atoms with E-state index in [1.807, 2.05) is 6.92 Å². The molecule has 1 aromatic rings. The minimum absolute atomic E-state index is 0.0143. The van der Waals surface area contributed by atoms with E-state index in [1.54, 1.807) is 18.2 Å². The molecule has 0 spiro atoms. The van der Waals surface area contributed by atoms with Gasteiger partial charge in [-0.3, -0.25) is 0 Å². The number of hydrogen-bond donors (Lipinski definition) is 3. The van der Waals surface area contributed by atoms with E-state index in [9.17, 15) is 0 Å². The van der Waals surface area contributed by atoms with Crippen LogP contribution in [0.3, 0.4) is 0 Å². The van der Waals surface area contributed by atoms with Gasteiger partial charge in [0.2, 0.25) is 0 Å². The fraction of sp³-hybridized carbons (Fsp3) is 0.467. The van der Waals surface area contributed by atoms with E-state index < -0.39 is 5.17 Å². The Labute approximate surface area is 154 Å². The first-order valence-corrected chi connectivity index (χ1v) is 8.31. The van der Waals surface area contributed by atoms with E-state index >= 15 is 0 Å². The highest BCUT2D eigenvalue weighted by atomic mass is 35.5. The van der Waals surface area contributed by atoms with E-state index in [0.717, 1.165) is 5.56 Å². The number of aliphatic hydroxyl groups excluding tert-OH is 1. The van der Waals surface area contributed by atoms with Gasteiger partial charge < -0.3 is 26.2 Å². The van der Waals surface area contributed by atoms with Crippen LogP contribution in [-0.2, 0) is 0 Å². The lowest BCUT2D eigenvalue weighted by atomic mass is 10.2. The van der Waals surface area contributed by atoms with Crippen LogP contribution >= 0.6 is 36.0 Å². The molecule has 5 nitrogen and oxygen atoms in total. The summed E-state index contributed by atoms with van der Waals surface area (Å²) in [4.78, 5) is 2.38. The molecule has 0 bridgehead atoms. The highest BCUT2D eigenvalue weighted by Gasteiger charge is 2.00. The zero-order valence-electron chi connectivity index (χ0n) is 14.0. The Morgan fingerprint density at radius 2 is 1.61 bits per heavy atom. The summed E-state index contributed by atoms with van der Waals surface area (Å²) in [6.45, 7) is 12.0. The van der Waals surface area contributed by atoms with Crippen molar-refractivity contribution in [2.45, 2.75) is 27.7 Å². The number of nitrogens with zero attached hydrogens (tertiary/aromatic N) is 1. The normalized spacial score (nSPS) is 9.13. The predicted octanol–water partition coefficient (Wildman–Crippen LogP) is 3.41. The summed E-state index contributed by atoms with van der Waals surface area (Å²) in [5.74, 6) is 0.645. The number of halogens is 1. The van der Waals surface area contributed by atoms with Crippen LogP contribution in [0.1, 0.15) is 26.3 Å². The van der Waals surface area contributed by atoms with Crippen LogP contribution in [0.4, 0.5) is 0 Å². The Morgan fingerprint density at radius 1 is 1.17 bits per heavy atom. The maximum absolute atomic E-state index is 7.56. The summed E-state index contributed by atoms with van der Waals surface area (Å²) in [5, 5.41) is 7.75. The number of aryl methyl sites for hydroxylation is 1. The summed E-state index contributed by atoms with van der Waals surface area (Å²) in [5.41, 5.74) is 10.5. The number of ether oxygens (including phenoxy) is 1. The van der Waals surface area contributed by atoms with Gasteiger partial charge in [-0.25, -0.2) is 0 Å². The van der Waals surface area contributed by atoms with Crippen LogP contribution in [0, 0.1) is 6.92 Å². The first-order valence-electron chi connectivity index (χ1n) is 7.11. The molecule has 8 heteroatoms. The van der Waals surface area contributed by atoms with E-state index in [2.05, 4.69) is 55.8 Å². The molecule has 0 unspecified atom stereocenters. The third-order valence-corrected chi connectivity index (χ3v) is 3.01. The largest absolute Gasteiger partial charge is 0.487 e. The van der Waals surface area contributed by atoms with Gasteiger partial charge in [0.15, 0.2) is 0 Å². The standard InChI is InChI=1S/C8H8ClNOS.C6H15N.CH3NOS/c1-5-4-6(9)2-3-7(5)11-8(10)12;1-4-7(5-2)6-3;2-1(3)4/h2-4H,1H3,(H2,10,12);4-6H2,1-3H3;(H3,2,3,4). The van der Waals surface area contributed by atoms with Crippen molar-refractivity contribution >= 4 is 46.4 Å². The van der Waals surface area contributed by atoms with Gasteiger partial charge in [0.25, 0.3) is 10.3 Å². The molecule has 0 heterocycles. The fourth-order valence-corrected chi connectivity index (χ4v) is 1.82. The molecule has 5 N–H and O–H groups in total. The average molecular weight is 380 g/mol. The molecule has 0 aromatic heterocycles. The van der Waals surface area contributed by atoms with Crippen LogP contribution in [0.25, 0.3) is 0 Å². The Morgan fingerprint density at radius 3 is 1.87 bits per heavy atom. The molecule has 0 atom stereocenters. The van der Waals surface area contributed by atoms with Gasteiger partial charge in [-0.05, 0) is 74.8 Å². The fourth-order valence-electron chi connectivity index (χ4n) is 1.51. The van der Waals surface area contributed by atoms with Gasteiger partial charge in [-0.1, -0.05) is 32.4 Å². The summed E-state index contributed by atoms with van der Waals surface area (Å²) >= 11 is 14.2. The Kier molecular flexibility index (Phi) is 15.1. The van der Waals surface area contributed by atoms with E-state index in [0.29, 0.717) is 10.8 Å². The van der Waals surface area contributed by atoms with E-state index in [-0.39, 0.29) is 5.17 Å². The van der Waals surface area contributed by atoms with Gasteiger partial charge in [0, 0.05) is 5.02 Å². The monoisotopic (exact) mass is 379 g/mol. The van der Waals surface area contributed by atoms with Gasteiger partial charge in [-0.15, -0.1) is 0 Å². The topological polar surface area (TPSA) is 84.7 Å². The molecule has 0 fully saturated rings. The molecule has 0 aliphatic rings. The summed E-state index contributed by atoms with van der Waals surface area (Å²) in [6, 6.07) is 5.24. The van der Waals surface area contributed by atoms with Crippen molar-refractivity contribution in [3.8, 4) is 5.75 Å². The van der Waals surface area contributed by atoms with Crippen LogP contribution in [0.2, 0.25) is 5.02 Å². The maximum Gasteiger partial charge on any atom is 0.259 e. The van der Waals surface area contributed by atoms with Gasteiger partial charge in [-0.2, -0.15) is 0 Å². The van der Waals surface area contributed by atoms with Crippen molar-refractivity contribution in [3.05, 3.63) is 28.8 Å². The number of thiocarbonyl (C=S) groups is 2. The van der Waals surface area contributed by atoms with Crippen molar-refractivity contribution < 1.29 is 9.84 Å². The molecule has 1 aromatic carbocycles. The Hall–Kier alpha value is -1.15. The predicted molar refractivity (Wildman–Crippen MR) is 106 cm³/mol. The van der Waals surface area contributed by atoms with Crippen molar-refractivity contribution in [1.29, 1.82) is 0 Å². The lowest BCUT2D eigenvalue weighted by molar-refractivity contribution is 0.321. The molecular formula is C15H26ClN3O2S2. The third-order valence-electron chi connectivity index (χ3n) is 2.69. The highest BCUT2D eigenvalue weighted by molar-refractivity contribution is 7.80. The van der Waals surface area contributed by atoms with E-state index in [1.165, 1.54) is 19.6 Å². The number of rotatable bonds is 4. The molecule has 0 aliphatic carbocycles. The molecule has 0 saturated heterocycles.